The molecule has 11 rings (SSSR count). The van der Waals surface area contributed by atoms with Crippen molar-refractivity contribution >= 4 is 54.6 Å². The van der Waals surface area contributed by atoms with Crippen molar-refractivity contribution in [1.82, 2.24) is 15.0 Å². The Kier molecular flexibility index (Phi) is 6.79. The third-order valence-corrected chi connectivity index (χ3v) is 10.3. The number of nitrogens with zero attached hydrogens (tertiary/aromatic N) is 3. The van der Waals surface area contributed by atoms with Gasteiger partial charge in [-0.2, -0.15) is 0 Å². The number of para-hydroxylation sites is 2. The SMILES string of the molecule is c1ccc(-c2nc(-c3ccccc3)nc(-c3cccc(-c4cccc(-c5cc6oc7ccccc7c6c6c5ccc5c7ccccc7oc56)c4)c3)n2)cc1. The van der Waals surface area contributed by atoms with E-state index in [1.807, 2.05) is 84.9 Å². The van der Waals surface area contributed by atoms with Crippen LogP contribution >= 0.6 is 0 Å². The van der Waals surface area contributed by atoms with Crippen LogP contribution in [0.4, 0.5) is 0 Å². The average Bonchev–Trinajstić information content (AvgIpc) is 3.82. The molecule has 3 aromatic heterocycles. The van der Waals surface area contributed by atoms with Gasteiger partial charge in [0.2, 0.25) is 0 Å². The number of hydrogen-bond acceptors (Lipinski definition) is 5. The minimum Gasteiger partial charge on any atom is -0.456 e. The van der Waals surface area contributed by atoms with E-state index in [0.717, 1.165) is 93.6 Å². The van der Waals surface area contributed by atoms with Crippen LogP contribution in [0.15, 0.2) is 185 Å². The summed E-state index contributed by atoms with van der Waals surface area (Å²) in [6, 6.07) is 60.4. The van der Waals surface area contributed by atoms with Gasteiger partial charge in [0.05, 0.1) is 0 Å². The van der Waals surface area contributed by atoms with E-state index in [0.29, 0.717) is 17.5 Å². The van der Waals surface area contributed by atoms with Crippen molar-refractivity contribution in [1.29, 1.82) is 0 Å². The van der Waals surface area contributed by atoms with Gasteiger partial charge in [-0.15, -0.1) is 0 Å². The first-order valence-electron chi connectivity index (χ1n) is 18.0. The smallest absolute Gasteiger partial charge is 0.164 e. The standard InChI is InChI=1S/C49H29N3O2/c1-3-13-30(14-4-1)47-50-48(31-15-5-2-6-16-31)52-49(51-47)35-20-12-18-33(28-35)32-17-11-19-34(27-32)40-29-43-44(39-22-8-10-24-42(39)53-43)45-37(40)25-26-38-36-21-7-9-23-41(36)54-46(38)45/h1-29H. The Balaban J connectivity index is 1.08. The molecule has 0 aliphatic rings. The van der Waals surface area contributed by atoms with Crippen LogP contribution in [0.5, 0.6) is 0 Å². The van der Waals surface area contributed by atoms with Crippen molar-refractivity contribution in [2.75, 3.05) is 0 Å². The van der Waals surface area contributed by atoms with Crippen molar-refractivity contribution < 1.29 is 8.83 Å². The molecule has 0 aliphatic heterocycles. The quantitative estimate of drug-likeness (QED) is 0.180. The van der Waals surface area contributed by atoms with E-state index in [1.54, 1.807) is 0 Å². The van der Waals surface area contributed by atoms with Crippen LogP contribution in [0.3, 0.4) is 0 Å². The summed E-state index contributed by atoms with van der Waals surface area (Å²) in [6.07, 6.45) is 0. The summed E-state index contributed by atoms with van der Waals surface area (Å²) in [5, 5.41) is 6.52. The zero-order valence-corrected chi connectivity index (χ0v) is 28.9. The molecular weight excluding hydrogens is 663 g/mol. The molecule has 11 aromatic rings. The maximum absolute atomic E-state index is 6.65. The Bertz CT molecular complexity index is 3160. The van der Waals surface area contributed by atoms with Gasteiger partial charge in [-0.1, -0.05) is 140 Å². The lowest BCUT2D eigenvalue weighted by atomic mass is 9.92. The molecule has 0 N–H and O–H groups in total. The third-order valence-electron chi connectivity index (χ3n) is 10.3. The molecule has 0 atom stereocenters. The van der Waals surface area contributed by atoms with Crippen molar-refractivity contribution in [3.8, 4) is 56.4 Å². The summed E-state index contributed by atoms with van der Waals surface area (Å²) in [6.45, 7) is 0. The van der Waals surface area contributed by atoms with Crippen LogP contribution in [-0.2, 0) is 0 Å². The number of rotatable bonds is 5. The number of fused-ring (bicyclic) bond motifs is 9. The van der Waals surface area contributed by atoms with E-state index >= 15 is 0 Å². The Morgan fingerprint density at radius 1 is 0.296 bits per heavy atom. The molecule has 0 aliphatic carbocycles. The Labute approximate surface area is 309 Å². The van der Waals surface area contributed by atoms with E-state index in [1.165, 1.54) is 0 Å². The molecular formula is C49H29N3O2. The first-order chi connectivity index (χ1) is 26.7. The second kappa shape index (κ2) is 12.1. The molecule has 0 unspecified atom stereocenters. The summed E-state index contributed by atoms with van der Waals surface area (Å²) in [7, 11) is 0. The highest BCUT2D eigenvalue weighted by atomic mass is 16.3. The van der Waals surface area contributed by atoms with Gasteiger partial charge in [0.25, 0.3) is 0 Å². The predicted octanol–water partition coefficient (Wildman–Crippen LogP) is 13.2. The zero-order valence-electron chi connectivity index (χ0n) is 28.9. The van der Waals surface area contributed by atoms with Gasteiger partial charge in [-0.25, -0.2) is 15.0 Å². The van der Waals surface area contributed by atoms with E-state index in [9.17, 15) is 0 Å². The van der Waals surface area contributed by atoms with Gasteiger partial charge in [-0.05, 0) is 64.0 Å². The molecule has 252 valence electrons. The van der Waals surface area contributed by atoms with Crippen LogP contribution in [0.2, 0.25) is 0 Å². The second-order valence-electron chi connectivity index (χ2n) is 13.6. The van der Waals surface area contributed by atoms with Gasteiger partial charge in [-0.3, -0.25) is 0 Å². The van der Waals surface area contributed by atoms with Gasteiger partial charge in [0.15, 0.2) is 17.5 Å². The summed E-state index contributed by atoms with van der Waals surface area (Å²) in [5.74, 6) is 1.90. The van der Waals surface area contributed by atoms with Crippen molar-refractivity contribution in [2.45, 2.75) is 0 Å². The maximum atomic E-state index is 6.65. The van der Waals surface area contributed by atoms with Crippen LogP contribution in [-0.4, -0.2) is 15.0 Å². The molecule has 3 heterocycles. The monoisotopic (exact) mass is 691 g/mol. The third kappa shape index (κ3) is 4.90. The van der Waals surface area contributed by atoms with Gasteiger partial charge < -0.3 is 8.83 Å². The van der Waals surface area contributed by atoms with Gasteiger partial charge in [0.1, 0.15) is 22.3 Å². The number of furan rings is 2. The molecule has 5 heteroatoms. The molecule has 0 radical (unpaired) electrons. The topological polar surface area (TPSA) is 65.0 Å². The highest BCUT2D eigenvalue weighted by Crippen LogP contribution is 2.45. The number of hydrogen-bond donors (Lipinski definition) is 0. The largest absolute Gasteiger partial charge is 0.456 e. The average molecular weight is 692 g/mol. The second-order valence-corrected chi connectivity index (χ2v) is 13.6. The van der Waals surface area contributed by atoms with Crippen molar-refractivity contribution in [3.63, 3.8) is 0 Å². The predicted molar refractivity (Wildman–Crippen MR) is 219 cm³/mol. The summed E-state index contributed by atoms with van der Waals surface area (Å²) in [4.78, 5) is 14.8. The van der Waals surface area contributed by atoms with Crippen LogP contribution < -0.4 is 0 Å². The molecule has 0 saturated carbocycles. The minimum atomic E-state index is 0.622. The molecule has 0 saturated heterocycles. The normalized spacial score (nSPS) is 11.7. The van der Waals surface area contributed by atoms with Crippen molar-refractivity contribution in [3.05, 3.63) is 176 Å². The first kappa shape index (κ1) is 30.3. The molecule has 0 amide bonds. The van der Waals surface area contributed by atoms with E-state index < -0.39 is 0 Å². The fraction of sp³-hybridized carbons (Fsp3) is 0. The molecule has 0 spiro atoms. The van der Waals surface area contributed by atoms with Crippen LogP contribution in [0, 0.1) is 0 Å². The molecule has 0 fully saturated rings. The van der Waals surface area contributed by atoms with E-state index in [-0.39, 0.29) is 0 Å². The fourth-order valence-electron chi connectivity index (χ4n) is 7.77. The van der Waals surface area contributed by atoms with Crippen LogP contribution in [0.25, 0.3) is 111 Å². The Hall–Kier alpha value is -7.37. The fourth-order valence-corrected chi connectivity index (χ4v) is 7.77. The molecule has 8 aromatic carbocycles. The highest BCUT2D eigenvalue weighted by molar-refractivity contribution is 6.30. The maximum Gasteiger partial charge on any atom is 0.164 e. The number of benzene rings is 8. The lowest BCUT2D eigenvalue weighted by Gasteiger charge is -2.12. The Morgan fingerprint density at radius 2 is 0.796 bits per heavy atom. The van der Waals surface area contributed by atoms with Crippen LogP contribution in [0.1, 0.15) is 0 Å². The number of aromatic nitrogens is 3. The van der Waals surface area contributed by atoms with E-state index in [2.05, 4.69) is 91.0 Å². The van der Waals surface area contributed by atoms with Gasteiger partial charge >= 0.3 is 0 Å². The summed E-state index contributed by atoms with van der Waals surface area (Å²) in [5.41, 5.74) is 10.5. The molecule has 0 bridgehead atoms. The lowest BCUT2D eigenvalue weighted by molar-refractivity contribution is 0.668. The van der Waals surface area contributed by atoms with Gasteiger partial charge in [0, 0.05) is 43.6 Å². The summed E-state index contributed by atoms with van der Waals surface area (Å²) < 4.78 is 13.2. The van der Waals surface area contributed by atoms with E-state index in [4.69, 9.17) is 23.8 Å². The zero-order chi connectivity index (χ0) is 35.6. The Morgan fingerprint density at radius 3 is 1.48 bits per heavy atom. The highest BCUT2D eigenvalue weighted by Gasteiger charge is 2.20. The summed E-state index contributed by atoms with van der Waals surface area (Å²) >= 11 is 0. The van der Waals surface area contributed by atoms with Crippen molar-refractivity contribution in [2.24, 2.45) is 0 Å². The lowest BCUT2D eigenvalue weighted by Crippen LogP contribution is -2.00. The molecule has 5 nitrogen and oxygen atoms in total. The first-order valence-corrected chi connectivity index (χ1v) is 18.0. The molecule has 54 heavy (non-hydrogen) atoms. The minimum absolute atomic E-state index is 0.622.